The van der Waals surface area contributed by atoms with Crippen LogP contribution in [0.1, 0.15) is 17.3 Å². The van der Waals surface area contributed by atoms with E-state index in [0.29, 0.717) is 11.3 Å². The lowest BCUT2D eigenvalue weighted by atomic mass is 10.2. The van der Waals surface area contributed by atoms with Crippen LogP contribution in [0.3, 0.4) is 0 Å². The Kier molecular flexibility index (Phi) is 2.37. The fraction of sp³-hybridized carbons (Fsp3) is 0.300. The molecular weight excluding hydrogens is 192 g/mol. The van der Waals surface area contributed by atoms with Crippen LogP contribution in [-0.2, 0) is 13.6 Å². The van der Waals surface area contributed by atoms with Gasteiger partial charge in [0.25, 0.3) is 0 Å². The van der Waals surface area contributed by atoms with Crippen LogP contribution >= 0.6 is 0 Å². The van der Waals surface area contributed by atoms with Crippen LogP contribution < -0.4 is 0 Å². The minimum Gasteiger partial charge on any atom is -0.298 e. The van der Waals surface area contributed by atoms with Crippen molar-refractivity contribution in [1.82, 2.24) is 19.6 Å². The number of aryl methyl sites for hydroxylation is 2. The van der Waals surface area contributed by atoms with Crippen LogP contribution in [0.15, 0.2) is 18.6 Å². The molecule has 0 N–H and O–H groups in total. The van der Waals surface area contributed by atoms with E-state index in [4.69, 9.17) is 0 Å². The van der Waals surface area contributed by atoms with Gasteiger partial charge in [-0.2, -0.15) is 10.2 Å². The number of rotatable bonds is 3. The minimum atomic E-state index is 0.602. The summed E-state index contributed by atoms with van der Waals surface area (Å²) in [6, 6.07) is 0. The average Bonchev–Trinajstić information content (AvgIpc) is 2.82. The highest BCUT2D eigenvalue weighted by Crippen LogP contribution is 2.19. The standard InChI is InChI=1S/C10H12N4O/c1-3-14-6-9(7-15)10(12-14)8-4-11-13(2)5-8/h4-7H,3H2,1-2H3. The zero-order valence-electron chi connectivity index (χ0n) is 8.71. The predicted molar refractivity (Wildman–Crippen MR) is 55.5 cm³/mol. The predicted octanol–water partition coefficient (Wildman–Crippen LogP) is 1.12. The van der Waals surface area contributed by atoms with Gasteiger partial charge in [0, 0.05) is 31.5 Å². The number of aromatic nitrogens is 4. The van der Waals surface area contributed by atoms with Gasteiger partial charge in [0.1, 0.15) is 5.69 Å². The van der Waals surface area contributed by atoms with Gasteiger partial charge in [0.05, 0.1) is 11.8 Å². The van der Waals surface area contributed by atoms with Gasteiger partial charge in [-0.05, 0) is 6.92 Å². The molecule has 0 amide bonds. The van der Waals surface area contributed by atoms with Crippen molar-refractivity contribution >= 4 is 6.29 Å². The van der Waals surface area contributed by atoms with Crippen LogP contribution in [0.4, 0.5) is 0 Å². The second kappa shape index (κ2) is 3.68. The first-order valence-corrected chi connectivity index (χ1v) is 4.76. The van der Waals surface area contributed by atoms with Crippen LogP contribution in [0, 0.1) is 0 Å². The molecule has 0 radical (unpaired) electrons. The Morgan fingerprint density at radius 1 is 1.47 bits per heavy atom. The van der Waals surface area contributed by atoms with Crippen molar-refractivity contribution in [2.75, 3.05) is 0 Å². The van der Waals surface area contributed by atoms with Crippen molar-refractivity contribution in [3.05, 3.63) is 24.2 Å². The number of hydrogen-bond donors (Lipinski definition) is 0. The first kappa shape index (κ1) is 9.64. The monoisotopic (exact) mass is 204 g/mol. The van der Waals surface area contributed by atoms with Gasteiger partial charge in [-0.15, -0.1) is 0 Å². The SMILES string of the molecule is CCn1cc(C=O)c(-c2cnn(C)c2)n1. The third-order valence-corrected chi connectivity index (χ3v) is 2.22. The van der Waals surface area contributed by atoms with E-state index in [1.165, 1.54) is 0 Å². The van der Waals surface area contributed by atoms with Gasteiger partial charge in [-0.1, -0.05) is 0 Å². The van der Waals surface area contributed by atoms with E-state index in [1.54, 1.807) is 21.8 Å². The molecule has 0 spiro atoms. The molecule has 0 aromatic carbocycles. The number of aldehydes is 1. The molecule has 5 nitrogen and oxygen atoms in total. The summed E-state index contributed by atoms with van der Waals surface area (Å²) in [5.41, 5.74) is 2.16. The third kappa shape index (κ3) is 1.68. The Labute approximate surface area is 87.3 Å². The summed E-state index contributed by atoms with van der Waals surface area (Å²) in [4.78, 5) is 10.9. The van der Waals surface area contributed by atoms with Crippen LogP contribution in [-0.4, -0.2) is 25.8 Å². The molecule has 2 heterocycles. The maximum absolute atomic E-state index is 10.9. The summed E-state index contributed by atoms with van der Waals surface area (Å²) >= 11 is 0. The number of nitrogens with zero attached hydrogens (tertiary/aromatic N) is 4. The minimum absolute atomic E-state index is 0.602. The van der Waals surface area contributed by atoms with Gasteiger partial charge < -0.3 is 0 Å². The van der Waals surface area contributed by atoms with Gasteiger partial charge in [0.15, 0.2) is 6.29 Å². The molecule has 0 fully saturated rings. The van der Waals surface area contributed by atoms with Gasteiger partial charge in [-0.25, -0.2) is 0 Å². The number of hydrogen-bond acceptors (Lipinski definition) is 3. The highest BCUT2D eigenvalue weighted by atomic mass is 16.1. The molecule has 2 rings (SSSR count). The Hall–Kier alpha value is -1.91. The first-order valence-electron chi connectivity index (χ1n) is 4.76. The van der Waals surface area contributed by atoms with Crippen molar-refractivity contribution in [1.29, 1.82) is 0 Å². The van der Waals surface area contributed by atoms with Crippen LogP contribution in [0.5, 0.6) is 0 Å². The third-order valence-electron chi connectivity index (χ3n) is 2.22. The molecule has 0 aliphatic heterocycles. The first-order chi connectivity index (χ1) is 7.24. The summed E-state index contributed by atoms with van der Waals surface area (Å²) < 4.78 is 3.43. The Bertz CT molecular complexity index is 483. The number of carbonyl (C=O) groups is 1. The molecule has 5 heteroatoms. The van der Waals surface area contributed by atoms with Gasteiger partial charge in [-0.3, -0.25) is 14.2 Å². The lowest BCUT2D eigenvalue weighted by Gasteiger charge is -1.92. The van der Waals surface area contributed by atoms with E-state index in [1.807, 2.05) is 20.2 Å². The molecule has 0 unspecified atom stereocenters. The fourth-order valence-electron chi connectivity index (χ4n) is 1.45. The second-order valence-electron chi connectivity index (χ2n) is 3.31. The normalized spacial score (nSPS) is 10.5. The Balaban J connectivity index is 2.51. The zero-order valence-corrected chi connectivity index (χ0v) is 8.71. The summed E-state index contributed by atoms with van der Waals surface area (Å²) in [6.45, 7) is 2.73. The largest absolute Gasteiger partial charge is 0.298 e. The van der Waals surface area contributed by atoms with Crippen LogP contribution in [0.2, 0.25) is 0 Å². The smallest absolute Gasteiger partial charge is 0.153 e. The van der Waals surface area contributed by atoms with E-state index in [9.17, 15) is 4.79 Å². The molecule has 0 aliphatic carbocycles. The fourth-order valence-corrected chi connectivity index (χ4v) is 1.45. The second-order valence-corrected chi connectivity index (χ2v) is 3.31. The van der Waals surface area contributed by atoms with Gasteiger partial charge in [0.2, 0.25) is 0 Å². The Morgan fingerprint density at radius 3 is 2.80 bits per heavy atom. The maximum atomic E-state index is 10.9. The van der Waals surface area contributed by atoms with E-state index in [0.717, 1.165) is 18.4 Å². The lowest BCUT2D eigenvalue weighted by Crippen LogP contribution is -1.93. The average molecular weight is 204 g/mol. The molecule has 0 saturated heterocycles. The molecular formula is C10H12N4O. The molecule has 0 saturated carbocycles. The lowest BCUT2D eigenvalue weighted by molar-refractivity contribution is 0.112. The summed E-state index contributed by atoms with van der Waals surface area (Å²) in [7, 11) is 1.83. The highest BCUT2D eigenvalue weighted by Gasteiger charge is 2.11. The summed E-state index contributed by atoms with van der Waals surface area (Å²) in [5, 5.41) is 8.37. The van der Waals surface area contributed by atoms with E-state index < -0.39 is 0 Å². The van der Waals surface area contributed by atoms with E-state index in [2.05, 4.69) is 10.2 Å². The van der Waals surface area contributed by atoms with Crippen LogP contribution in [0.25, 0.3) is 11.3 Å². The van der Waals surface area contributed by atoms with Gasteiger partial charge >= 0.3 is 0 Å². The van der Waals surface area contributed by atoms with Crippen molar-refractivity contribution in [3.8, 4) is 11.3 Å². The molecule has 2 aromatic heterocycles. The Morgan fingerprint density at radius 2 is 2.27 bits per heavy atom. The molecule has 0 bridgehead atoms. The number of carbonyl (C=O) groups excluding carboxylic acids is 1. The molecule has 0 aliphatic rings. The molecule has 0 atom stereocenters. The van der Waals surface area contributed by atoms with Crippen molar-refractivity contribution < 1.29 is 4.79 Å². The van der Waals surface area contributed by atoms with E-state index in [-0.39, 0.29) is 0 Å². The summed E-state index contributed by atoms with van der Waals surface area (Å²) in [5.74, 6) is 0. The van der Waals surface area contributed by atoms with Crippen molar-refractivity contribution in [3.63, 3.8) is 0 Å². The molecule has 78 valence electrons. The maximum Gasteiger partial charge on any atom is 0.153 e. The quantitative estimate of drug-likeness (QED) is 0.704. The van der Waals surface area contributed by atoms with Crippen molar-refractivity contribution in [2.45, 2.75) is 13.5 Å². The zero-order chi connectivity index (χ0) is 10.8. The summed E-state index contributed by atoms with van der Waals surface area (Å²) in [6.07, 6.45) is 6.11. The molecule has 15 heavy (non-hydrogen) atoms. The molecule has 2 aromatic rings. The highest BCUT2D eigenvalue weighted by molar-refractivity contribution is 5.85. The van der Waals surface area contributed by atoms with E-state index >= 15 is 0 Å². The topological polar surface area (TPSA) is 52.7 Å². The van der Waals surface area contributed by atoms with Crippen molar-refractivity contribution in [2.24, 2.45) is 7.05 Å².